The quantitative estimate of drug-likeness (QED) is 0.0746. The Balaban J connectivity index is 1.40. The third-order valence-electron chi connectivity index (χ3n) is 6.85. The average Bonchev–Trinajstić information content (AvgIpc) is 3.49. The van der Waals surface area contributed by atoms with Crippen molar-refractivity contribution in [1.82, 2.24) is 24.8 Å². The number of nitrogen functional groups attached to an aromatic ring is 1. The number of rotatable bonds is 16. The maximum atomic E-state index is 12.5. The van der Waals surface area contributed by atoms with Gasteiger partial charge in [-0.25, -0.2) is 24.1 Å². The molecule has 21 heteroatoms. The molecular formula is C24H36N8O11P2. The summed E-state index contributed by atoms with van der Waals surface area (Å²) in [7, 11) is -8.42. The molecule has 19 nitrogen and oxygen atoms in total. The number of carbonyl (C=O) groups is 1. The van der Waals surface area contributed by atoms with Crippen molar-refractivity contribution in [3.63, 3.8) is 0 Å². The molecule has 248 valence electrons. The van der Waals surface area contributed by atoms with Crippen molar-refractivity contribution in [3.05, 3.63) is 36.2 Å². The largest absolute Gasteiger partial charge is 0.470 e. The van der Waals surface area contributed by atoms with Gasteiger partial charge in [-0.05, 0) is 25.0 Å². The van der Waals surface area contributed by atoms with Gasteiger partial charge in [0.1, 0.15) is 24.6 Å². The standard InChI is InChI=1S/C24H36N8O11P2/c1-26-15-9-5-4-8-14(15)22(34)27-10-6-2-3-7-11-28-24-31-17-20(25)29-13-30-21(17)32(24)23-19(43-45(38,39)40)18(33)16(42-23)12-41-44(35,36)37/h4-5,8-9,13,16,18-19,23,26,33H,2-3,6-7,10-12H2,1H3,(H,27,34)(H,28,31)(H2,25,29,30)(H2,35,36,37)(H2,38,39,40)/t16-,18-,19-,23-/m1/s1. The van der Waals surface area contributed by atoms with Crippen molar-refractivity contribution >= 4 is 50.2 Å². The highest BCUT2D eigenvalue weighted by Crippen LogP contribution is 2.47. The van der Waals surface area contributed by atoms with Crippen LogP contribution in [0, 0.1) is 0 Å². The molecule has 1 fully saturated rings. The fourth-order valence-corrected chi connectivity index (χ4v) is 5.69. The zero-order chi connectivity index (χ0) is 32.8. The van der Waals surface area contributed by atoms with E-state index in [0.717, 1.165) is 31.3 Å². The van der Waals surface area contributed by atoms with Gasteiger partial charge in [0.25, 0.3) is 5.91 Å². The molecule has 4 atom stereocenters. The number of aromatic nitrogens is 4. The minimum absolute atomic E-state index is 0.00595. The van der Waals surface area contributed by atoms with E-state index in [4.69, 9.17) is 24.8 Å². The normalized spacial score (nSPS) is 20.4. The number of phosphoric acid groups is 2. The lowest BCUT2D eigenvalue weighted by Gasteiger charge is -2.23. The lowest BCUT2D eigenvalue weighted by Crippen LogP contribution is -2.35. The summed E-state index contributed by atoms with van der Waals surface area (Å²) in [5, 5.41) is 19.8. The van der Waals surface area contributed by atoms with Gasteiger partial charge < -0.3 is 51.1 Å². The minimum Gasteiger partial charge on any atom is -0.387 e. The predicted octanol–water partition coefficient (Wildman–Crippen LogP) is 0.698. The van der Waals surface area contributed by atoms with Crippen LogP contribution in [-0.4, -0.2) is 95.2 Å². The van der Waals surface area contributed by atoms with Crippen LogP contribution in [0.2, 0.25) is 0 Å². The summed E-state index contributed by atoms with van der Waals surface area (Å²) in [5.74, 6) is -0.0759. The zero-order valence-electron chi connectivity index (χ0n) is 24.1. The van der Waals surface area contributed by atoms with E-state index in [-0.39, 0.29) is 28.8 Å². The van der Waals surface area contributed by atoms with Gasteiger partial charge in [0, 0.05) is 25.8 Å². The molecule has 0 aliphatic carbocycles. The molecule has 0 radical (unpaired) electrons. The monoisotopic (exact) mass is 674 g/mol. The van der Waals surface area contributed by atoms with Crippen molar-refractivity contribution in [2.45, 2.75) is 50.2 Å². The molecule has 0 saturated carbocycles. The predicted molar refractivity (Wildman–Crippen MR) is 160 cm³/mol. The summed E-state index contributed by atoms with van der Waals surface area (Å²) in [4.78, 5) is 62.1. The third-order valence-corrected chi connectivity index (χ3v) is 7.86. The Bertz CT molecular complexity index is 1570. The number of amides is 1. The topological polar surface area (TPSA) is 286 Å². The number of anilines is 3. The second-order valence-corrected chi connectivity index (χ2v) is 12.5. The van der Waals surface area contributed by atoms with Crippen LogP contribution < -0.4 is 21.7 Å². The second kappa shape index (κ2) is 14.9. The molecule has 4 rings (SSSR count). The van der Waals surface area contributed by atoms with Crippen LogP contribution in [0.25, 0.3) is 11.2 Å². The Morgan fingerprint density at radius 2 is 1.78 bits per heavy atom. The summed E-state index contributed by atoms with van der Waals surface area (Å²) in [6, 6.07) is 7.20. The molecule has 0 bridgehead atoms. The maximum absolute atomic E-state index is 12.5. The highest BCUT2D eigenvalue weighted by molar-refractivity contribution is 7.46. The van der Waals surface area contributed by atoms with Gasteiger partial charge in [0.15, 0.2) is 23.2 Å². The van der Waals surface area contributed by atoms with E-state index in [1.54, 1.807) is 19.2 Å². The zero-order valence-corrected chi connectivity index (χ0v) is 25.9. The second-order valence-electron chi connectivity index (χ2n) is 10.0. The molecule has 0 unspecified atom stereocenters. The van der Waals surface area contributed by atoms with E-state index < -0.39 is 46.8 Å². The lowest BCUT2D eigenvalue weighted by atomic mass is 10.1. The van der Waals surface area contributed by atoms with Gasteiger partial charge in [-0.1, -0.05) is 25.0 Å². The van der Waals surface area contributed by atoms with Gasteiger partial charge in [-0.3, -0.25) is 18.4 Å². The van der Waals surface area contributed by atoms with Gasteiger partial charge in [-0.15, -0.1) is 0 Å². The number of carbonyl (C=O) groups excluding carboxylic acids is 1. The summed E-state index contributed by atoms with van der Waals surface area (Å²) in [6.45, 7) is 0.0494. The number of aliphatic hydroxyl groups is 1. The minimum atomic E-state index is -5.20. The summed E-state index contributed by atoms with van der Waals surface area (Å²) in [6.07, 6.45) is -2.35. The van der Waals surface area contributed by atoms with E-state index in [9.17, 15) is 28.8 Å². The molecule has 1 aromatic carbocycles. The van der Waals surface area contributed by atoms with Gasteiger partial charge >= 0.3 is 15.6 Å². The van der Waals surface area contributed by atoms with Crippen molar-refractivity contribution < 1.29 is 52.4 Å². The number of hydrogen-bond donors (Lipinski definition) is 9. The Morgan fingerprint density at radius 3 is 2.47 bits per heavy atom. The molecule has 2 aromatic heterocycles. The van der Waals surface area contributed by atoms with Crippen LogP contribution in [0.4, 0.5) is 17.5 Å². The highest BCUT2D eigenvalue weighted by atomic mass is 31.2. The Labute approximate surface area is 257 Å². The fourth-order valence-electron chi connectivity index (χ4n) is 4.80. The number of fused-ring (bicyclic) bond motifs is 1. The van der Waals surface area contributed by atoms with Crippen molar-refractivity contribution in [3.8, 4) is 0 Å². The van der Waals surface area contributed by atoms with E-state index in [2.05, 4.69) is 35.4 Å². The average molecular weight is 675 g/mol. The van der Waals surface area contributed by atoms with Crippen LogP contribution in [0.15, 0.2) is 30.6 Å². The van der Waals surface area contributed by atoms with Gasteiger partial charge in [0.2, 0.25) is 5.95 Å². The highest BCUT2D eigenvalue weighted by Gasteiger charge is 2.50. The Hall–Kier alpha value is -3.22. The number of phosphoric ester groups is 2. The van der Waals surface area contributed by atoms with Crippen molar-refractivity contribution in [2.24, 2.45) is 0 Å². The molecule has 10 N–H and O–H groups in total. The molecule has 0 spiro atoms. The summed E-state index contributed by atoms with van der Waals surface area (Å²) in [5.41, 5.74) is 7.48. The lowest BCUT2D eigenvalue weighted by molar-refractivity contribution is -0.0489. The molecule has 1 aliphatic heterocycles. The SMILES string of the molecule is CNc1ccccc1C(=O)NCCCCCCNc1nc2c(N)ncnc2n1[C@@H]1O[C@H](COP(=O)(O)O)[C@@H](O)[C@H]1OP(=O)(O)O. The van der Waals surface area contributed by atoms with Gasteiger partial charge in [0.05, 0.1) is 12.2 Å². The van der Waals surface area contributed by atoms with Crippen LogP contribution in [0.1, 0.15) is 42.3 Å². The first-order chi connectivity index (χ1) is 21.3. The number of benzene rings is 1. The van der Waals surface area contributed by atoms with E-state index in [0.29, 0.717) is 25.1 Å². The smallest absolute Gasteiger partial charge is 0.387 e. The van der Waals surface area contributed by atoms with Gasteiger partial charge in [-0.2, -0.15) is 0 Å². The third kappa shape index (κ3) is 9.17. The van der Waals surface area contributed by atoms with Crippen LogP contribution in [0.3, 0.4) is 0 Å². The molecule has 1 saturated heterocycles. The number of unbranched alkanes of at least 4 members (excludes halogenated alkanes) is 3. The van der Waals surface area contributed by atoms with Crippen molar-refractivity contribution in [1.29, 1.82) is 0 Å². The van der Waals surface area contributed by atoms with E-state index in [1.165, 1.54) is 4.57 Å². The molecule has 1 amide bonds. The maximum Gasteiger partial charge on any atom is 0.470 e. The molecule has 1 aliphatic rings. The first-order valence-electron chi connectivity index (χ1n) is 13.8. The number of para-hydroxylation sites is 1. The van der Waals surface area contributed by atoms with Crippen LogP contribution in [-0.2, 0) is 22.9 Å². The first kappa shape index (κ1) is 34.6. The number of ether oxygens (including phenoxy) is 1. The number of nitrogens with zero attached hydrogens (tertiary/aromatic N) is 4. The summed E-state index contributed by atoms with van der Waals surface area (Å²) < 4.78 is 39.3. The Morgan fingerprint density at radius 1 is 1.07 bits per heavy atom. The molecule has 3 heterocycles. The van der Waals surface area contributed by atoms with E-state index >= 15 is 0 Å². The fraction of sp³-hybridized carbons (Fsp3) is 0.500. The van der Waals surface area contributed by atoms with Crippen molar-refractivity contribution in [2.75, 3.05) is 43.1 Å². The number of imidazole rings is 1. The molecule has 3 aromatic rings. The number of hydrogen-bond acceptors (Lipinski definition) is 13. The number of aliphatic hydroxyl groups excluding tert-OH is 1. The van der Waals surface area contributed by atoms with E-state index in [1.807, 2.05) is 12.1 Å². The summed E-state index contributed by atoms with van der Waals surface area (Å²) >= 11 is 0. The molecular weight excluding hydrogens is 638 g/mol. The Kier molecular flexibility index (Phi) is 11.5. The molecule has 45 heavy (non-hydrogen) atoms. The number of nitrogens with two attached hydrogens (primary N) is 1. The van der Waals surface area contributed by atoms with Crippen LogP contribution >= 0.6 is 15.6 Å². The number of nitrogens with one attached hydrogen (secondary N) is 3. The first-order valence-corrected chi connectivity index (χ1v) is 16.9. The van der Waals surface area contributed by atoms with Crippen LogP contribution in [0.5, 0.6) is 0 Å².